The summed E-state index contributed by atoms with van der Waals surface area (Å²) < 4.78 is 0.729. The first-order valence-corrected chi connectivity index (χ1v) is 6.08. The highest BCUT2D eigenvalue weighted by atomic mass is 79.9. The Kier molecular flexibility index (Phi) is 4.83. The number of hydrogen-bond donors (Lipinski definition) is 2. The summed E-state index contributed by atoms with van der Waals surface area (Å²) in [7, 11) is 1.67. The molecular weight excluding hydrogens is 290 g/mol. The van der Waals surface area contributed by atoms with Gasteiger partial charge in [-0.15, -0.1) is 12.6 Å². The Morgan fingerprint density at radius 2 is 2.25 bits per heavy atom. The number of aliphatic hydroxyl groups excluding tert-OH is 1. The van der Waals surface area contributed by atoms with E-state index in [1.807, 2.05) is 0 Å². The van der Waals surface area contributed by atoms with Crippen LogP contribution in [0, 0.1) is 0 Å². The molecule has 0 bridgehead atoms. The second-order valence-corrected chi connectivity index (χ2v) is 4.98. The molecule has 0 saturated heterocycles. The maximum absolute atomic E-state index is 12.1. The number of thiol groups is 1. The van der Waals surface area contributed by atoms with Crippen LogP contribution in [0.2, 0.25) is 0 Å². The van der Waals surface area contributed by atoms with Crippen LogP contribution in [0.5, 0.6) is 0 Å². The molecule has 1 aromatic rings. The number of hydrogen-bond acceptors (Lipinski definition) is 3. The highest BCUT2D eigenvalue weighted by Crippen LogP contribution is 2.22. The summed E-state index contributed by atoms with van der Waals surface area (Å²) in [6, 6.07) is 5.09. The fourth-order valence-corrected chi connectivity index (χ4v) is 1.81. The summed E-state index contributed by atoms with van der Waals surface area (Å²) in [5.41, 5.74) is 0.551. The molecule has 0 radical (unpaired) electrons. The molecule has 16 heavy (non-hydrogen) atoms. The Bertz CT molecular complexity index is 398. The minimum absolute atomic E-state index is 0.0551. The lowest BCUT2D eigenvalue weighted by Gasteiger charge is -2.23. The van der Waals surface area contributed by atoms with E-state index in [1.54, 1.807) is 32.2 Å². The first-order valence-electron chi connectivity index (χ1n) is 4.84. The molecule has 0 aliphatic heterocycles. The molecule has 0 aliphatic rings. The first kappa shape index (κ1) is 13.5. The number of nitrogens with zero attached hydrogens (tertiary/aromatic N) is 1. The van der Waals surface area contributed by atoms with E-state index in [0.29, 0.717) is 5.56 Å². The monoisotopic (exact) mass is 303 g/mol. The number of carbonyl (C=O) groups is 1. The molecule has 1 aromatic carbocycles. The normalized spacial score (nSPS) is 12.3. The number of halogens is 1. The van der Waals surface area contributed by atoms with E-state index in [2.05, 4.69) is 28.6 Å². The third-order valence-corrected chi connectivity index (χ3v) is 3.40. The highest BCUT2D eigenvalue weighted by molar-refractivity contribution is 9.10. The van der Waals surface area contributed by atoms with Gasteiger partial charge in [-0.05, 0) is 41.1 Å². The second-order valence-electron chi connectivity index (χ2n) is 3.61. The summed E-state index contributed by atoms with van der Waals surface area (Å²) in [6.45, 7) is 1.73. The number of likely N-dealkylation sites (N-methyl/N-ethyl adjacent to an activating group) is 1. The van der Waals surface area contributed by atoms with E-state index < -0.39 is 0 Å². The zero-order valence-corrected chi connectivity index (χ0v) is 11.6. The summed E-state index contributed by atoms with van der Waals surface area (Å²) in [5.74, 6) is -0.135. The molecule has 3 nitrogen and oxygen atoms in total. The van der Waals surface area contributed by atoms with Gasteiger partial charge in [-0.25, -0.2) is 0 Å². The topological polar surface area (TPSA) is 40.5 Å². The molecule has 0 aliphatic carbocycles. The molecule has 1 amide bonds. The van der Waals surface area contributed by atoms with E-state index in [4.69, 9.17) is 5.11 Å². The molecule has 88 valence electrons. The molecule has 1 rings (SSSR count). The van der Waals surface area contributed by atoms with Crippen LogP contribution >= 0.6 is 28.6 Å². The Labute approximate surface area is 109 Å². The summed E-state index contributed by atoms with van der Waals surface area (Å²) in [6.07, 6.45) is 0. The van der Waals surface area contributed by atoms with Crippen LogP contribution in [-0.4, -0.2) is 35.6 Å². The van der Waals surface area contributed by atoms with Crippen molar-refractivity contribution in [2.24, 2.45) is 0 Å². The predicted octanol–water partition coefficient (Wildman–Crippen LogP) is 2.19. The number of aliphatic hydroxyl groups is 1. The minimum Gasteiger partial charge on any atom is -0.394 e. The molecule has 1 unspecified atom stereocenters. The molecule has 1 atom stereocenters. The first-order chi connectivity index (χ1) is 7.47. The molecule has 0 fully saturated rings. The van der Waals surface area contributed by atoms with Crippen molar-refractivity contribution in [3.05, 3.63) is 28.2 Å². The van der Waals surface area contributed by atoms with Crippen molar-refractivity contribution in [1.82, 2.24) is 4.90 Å². The van der Waals surface area contributed by atoms with Gasteiger partial charge in [0.2, 0.25) is 0 Å². The molecular formula is C11H14BrNO2S. The van der Waals surface area contributed by atoms with Crippen molar-refractivity contribution < 1.29 is 9.90 Å². The second kappa shape index (κ2) is 5.70. The highest BCUT2D eigenvalue weighted by Gasteiger charge is 2.19. The van der Waals surface area contributed by atoms with Crippen molar-refractivity contribution >= 4 is 34.5 Å². The van der Waals surface area contributed by atoms with Gasteiger partial charge in [0.05, 0.1) is 18.2 Å². The number of benzene rings is 1. The summed E-state index contributed by atoms with van der Waals surface area (Å²) >= 11 is 7.52. The smallest absolute Gasteiger partial charge is 0.255 e. The molecule has 0 spiro atoms. The van der Waals surface area contributed by atoms with Crippen LogP contribution in [0.3, 0.4) is 0 Å². The Morgan fingerprint density at radius 1 is 1.62 bits per heavy atom. The Balaban J connectivity index is 3.00. The van der Waals surface area contributed by atoms with Crippen molar-refractivity contribution in [3.63, 3.8) is 0 Å². The van der Waals surface area contributed by atoms with Gasteiger partial charge >= 0.3 is 0 Å². The lowest BCUT2D eigenvalue weighted by molar-refractivity contribution is 0.0681. The van der Waals surface area contributed by atoms with Gasteiger partial charge in [0.25, 0.3) is 5.91 Å². The fourth-order valence-electron chi connectivity index (χ4n) is 1.19. The van der Waals surface area contributed by atoms with E-state index >= 15 is 0 Å². The van der Waals surface area contributed by atoms with Gasteiger partial charge in [0.1, 0.15) is 0 Å². The standard InChI is InChI=1S/C11H14BrNO2S/c1-7(6-14)13(2)11(15)9-5-8(16)3-4-10(9)12/h3-5,7,14,16H,6H2,1-2H3. The molecule has 0 aromatic heterocycles. The fraction of sp³-hybridized carbons (Fsp3) is 0.364. The zero-order valence-electron chi connectivity index (χ0n) is 9.14. The maximum atomic E-state index is 12.1. The average Bonchev–Trinajstić information content (AvgIpc) is 2.29. The van der Waals surface area contributed by atoms with Gasteiger partial charge in [0.15, 0.2) is 0 Å². The van der Waals surface area contributed by atoms with E-state index in [0.717, 1.165) is 9.37 Å². The van der Waals surface area contributed by atoms with Crippen molar-refractivity contribution in [3.8, 4) is 0 Å². The van der Waals surface area contributed by atoms with Gasteiger partial charge in [0, 0.05) is 16.4 Å². The lowest BCUT2D eigenvalue weighted by Crippen LogP contribution is -2.37. The Hall–Kier alpha value is -0.520. The number of amides is 1. The van der Waals surface area contributed by atoms with Crippen LogP contribution in [0.25, 0.3) is 0 Å². The maximum Gasteiger partial charge on any atom is 0.255 e. The molecule has 1 N–H and O–H groups in total. The third-order valence-electron chi connectivity index (χ3n) is 2.43. The zero-order chi connectivity index (χ0) is 12.3. The van der Waals surface area contributed by atoms with Crippen LogP contribution in [0.1, 0.15) is 17.3 Å². The SMILES string of the molecule is CC(CO)N(C)C(=O)c1cc(S)ccc1Br. The summed E-state index contributed by atoms with van der Waals surface area (Å²) in [5, 5.41) is 9.00. The van der Waals surface area contributed by atoms with Gasteiger partial charge in [-0.2, -0.15) is 0 Å². The number of carbonyl (C=O) groups excluding carboxylic acids is 1. The number of rotatable bonds is 3. The van der Waals surface area contributed by atoms with Crippen LogP contribution in [0.4, 0.5) is 0 Å². The van der Waals surface area contributed by atoms with Crippen LogP contribution in [-0.2, 0) is 0 Å². The van der Waals surface area contributed by atoms with Crippen molar-refractivity contribution in [1.29, 1.82) is 0 Å². The lowest BCUT2D eigenvalue weighted by atomic mass is 10.2. The summed E-state index contributed by atoms with van der Waals surface area (Å²) in [4.78, 5) is 14.3. The predicted molar refractivity (Wildman–Crippen MR) is 70.0 cm³/mol. The average molecular weight is 304 g/mol. The largest absolute Gasteiger partial charge is 0.394 e. The van der Waals surface area contributed by atoms with E-state index in [1.165, 1.54) is 4.90 Å². The van der Waals surface area contributed by atoms with Gasteiger partial charge < -0.3 is 10.0 Å². The molecule has 5 heteroatoms. The minimum atomic E-state index is -0.206. The molecule has 0 heterocycles. The van der Waals surface area contributed by atoms with Crippen LogP contribution < -0.4 is 0 Å². The van der Waals surface area contributed by atoms with E-state index in [9.17, 15) is 4.79 Å². The van der Waals surface area contributed by atoms with Crippen molar-refractivity contribution in [2.75, 3.05) is 13.7 Å². The van der Waals surface area contributed by atoms with E-state index in [-0.39, 0.29) is 18.6 Å². The van der Waals surface area contributed by atoms with Crippen molar-refractivity contribution in [2.45, 2.75) is 17.9 Å². The third kappa shape index (κ3) is 2.99. The van der Waals surface area contributed by atoms with Gasteiger partial charge in [-0.1, -0.05) is 0 Å². The Morgan fingerprint density at radius 3 is 2.81 bits per heavy atom. The van der Waals surface area contributed by atoms with Gasteiger partial charge in [-0.3, -0.25) is 4.79 Å². The quantitative estimate of drug-likeness (QED) is 0.841. The van der Waals surface area contributed by atoms with Crippen LogP contribution in [0.15, 0.2) is 27.6 Å². The molecule has 0 saturated carbocycles.